The molecule has 5 fully saturated rings. The second-order valence-electron chi connectivity index (χ2n) is 42.1. The summed E-state index contributed by atoms with van der Waals surface area (Å²) < 4.78 is 132. The zero-order valence-electron chi connectivity index (χ0n) is 91.2. The highest BCUT2D eigenvalue weighted by Crippen LogP contribution is 2.32. The summed E-state index contributed by atoms with van der Waals surface area (Å²) in [7, 11) is 0. The van der Waals surface area contributed by atoms with Crippen molar-refractivity contribution in [3.63, 3.8) is 0 Å². The molecule has 136 heavy (non-hydrogen) atoms. The standard InChI is InChI=1S/2C8H8F2.2C8H13F.2C8H9F.C8H16.3C8H14.2C8H10.2C7H14O.2C6H12O2/c2*1-5-3-7(9)6(2)8(10)4-5;4*1-6-3-4-7(2)8(9)5-6;6*1-7-3-5-8(2)6-4-7;2*1-6-3-4-7(2)8-5-6;2*1-5-3-7-6(2)8-4-5/h2*3-4H,1-2H3;2*6H,3-5H2,1-2H3;2*3-5H,1-2H3;7-8H,3-6H2,1-2H3;2*3,8H,4-6H2,1-2H3;3,5,7-8H,4,6H2,1-2H3;2*3-6H,1-2H3;2*6-7H,3-5H2,1-2H3;2*5-6H,3-4H2,1-2H3. The third kappa shape index (κ3) is 64.5. The van der Waals surface area contributed by atoms with Crippen molar-refractivity contribution in [3.05, 3.63) is 269 Å². The van der Waals surface area contributed by atoms with E-state index in [2.05, 4.69) is 211 Å². The molecule has 10 atom stereocenters. The normalized spacial score (nSPS) is 25.1. The average molecular weight is 1900 g/mol. The van der Waals surface area contributed by atoms with Gasteiger partial charge in [-0.15, -0.1) is 0 Å². The van der Waals surface area contributed by atoms with Gasteiger partial charge in [-0.3, -0.25) is 0 Å². The summed E-state index contributed by atoms with van der Waals surface area (Å²) in [4.78, 5) is 0. The quantitative estimate of drug-likeness (QED) is 0.112. The Balaban J connectivity index is 0.000000726. The molecule has 6 aromatic carbocycles. The van der Waals surface area contributed by atoms with Gasteiger partial charge in [0.15, 0.2) is 12.6 Å². The minimum absolute atomic E-state index is 0.0196. The van der Waals surface area contributed by atoms with Crippen LogP contribution in [0.1, 0.15) is 346 Å². The van der Waals surface area contributed by atoms with Gasteiger partial charge in [-0.2, -0.15) is 0 Å². The van der Waals surface area contributed by atoms with E-state index in [0.29, 0.717) is 71.0 Å². The van der Waals surface area contributed by atoms with Crippen molar-refractivity contribution < 1.29 is 63.5 Å². The summed E-state index contributed by atoms with van der Waals surface area (Å²) in [5, 5.41) is 0. The van der Waals surface area contributed by atoms with Crippen molar-refractivity contribution in [2.45, 2.75) is 388 Å². The molecule has 4 saturated heterocycles. The summed E-state index contributed by atoms with van der Waals surface area (Å²) in [5.41, 5.74) is 15.2. The van der Waals surface area contributed by atoms with Gasteiger partial charge in [-0.25, -0.2) is 35.1 Å². The lowest BCUT2D eigenvalue weighted by molar-refractivity contribution is -0.187. The second kappa shape index (κ2) is 72.5. The Hall–Kier alpha value is -6.78. The third-order valence-electron chi connectivity index (χ3n) is 25.8. The van der Waals surface area contributed by atoms with E-state index < -0.39 is 23.3 Å². The molecule has 1 saturated carbocycles. The summed E-state index contributed by atoms with van der Waals surface area (Å²) in [6.45, 7) is 70.4. The number of hydrogen-bond donors (Lipinski definition) is 0. The largest absolute Gasteiger partial charge is 0.378 e. The lowest BCUT2D eigenvalue weighted by Crippen LogP contribution is -2.27. The zero-order valence-corrected chi connectivity index (χ0v) is 91.2. The van der Waals surface area contributed by atoms with Gasteiger partial charge in [0.2, 0.25) is 0 Å². The van der Waals surface area contributed by atoms with E-state index >= 15 is 0 Å². The van der Waals surface area contributed by atoms with E-state index in [4.69, 9.17) is 28.4 Å². The van der Waals surface area contributed by atoms with Crippen molar-refractivity contribution >= 4 is 0 Å². The number of hydrogen-bond acceptors (Lipinski definition) is 6. The van der Waals surface area contributed by atoms with Gasteiger partial charge in [0.25, 0.3) is 0 Å². The number of ether oxygens (including phenoxy) is 6. The van der Waals surface area contributed by atoms with Crippen LogP contribution in [0.4, 0.5) is 35.1 Å². The van der Waals surface area contributed by atoms with Crippen LogP contribution in [-0.4, -0.2) is 64.4 Å². The van der Waals surface area contributed by atoms with Crippen LogP contribution in [0.5, 0.6) is 0 Å². The second-order valence-corrected chi connectivity index (χ2v) is 42.1. The van der Waals surface area contributed by atoms with Crippen LogP contribution in [0.15, 0.2) is 167 Å². The fourth-order valence-corrected chi connectivity index (χ4v) is 14.7. The minimum atomic E-state index is -0.475. The molecule has 4 heterocycles. The molecule has 6 nitrogen and oxygen atoms in total. The molecular weight excluding hydrogens is 1710 g/mol. The monoisotopic (exact) mass is 1900 g/mol. The zero-order chi connectivity index (χ0) is 103. The van der Waals surface area contributed by atoms with Gasteiger partial charge in [-0.1, -0.05) is 239 Å². The first-order chi connectivity index (χ1) is 63.9. The van der Waals surface area contributed by atoms with Crippen LogP contribution in [0.25, 0.3) is 0 Å². The Morgan fingerprint density at radius 3 is 0.676 bits per heavy atom. The summed E-state index contributed by atoms with van der Waals surface area (Å²) in [5.74, 6) is 7.61. The van der Waals surface area contributed by atoms with Crippen molar-refractivity contribution in [1.82, 2.24) is 0 Å². The van der Waals surface area contributed by atoms with Crippen LogP contribution in [0, 0.1) is 189 Å². The predicted octanol–water partition coefficient (Wildman–Crippen LogP) is 37.4. The molecule has 0 radical (unpaired) electrons. The van der Waals surface area contributed by atoms with Gasteiger partial charge < -0.3 is 28.4 Å². The molecule has 10 unspecified atom stereocenters. The smallest absolute Gasteiger partial charge is 0.154 e. The van der Waals surface area contributed by atoms with Crippen molar-refractivity contribution in [2.24, 2.45) is 71.0 Å². The highest BCUT2D eigenvalue weighted by Gasteiger charge is 2.20. The summed E-state index contributed by atoms with van der Waals surface area (Å²) in [6.07, 6.45) is 38.0. The van der Waals surface area contributed by atoms with E-state index in [0.717, 1.165) is 122 Å². The number of allylic oxidation sites excluding steroid dienone is 10. The Morgan fingerprint density at radius 2 is 0.478 bits per heavy atom. The topological polar surface area (TPSA) is 55.4 Å². The van der Waals surface area contributed by atoms with Crippen LogP contribution in [0.2, 0.25) is 0 Å². The number of halogens is 8. The van der Waals surface area contributed by atoms with E-state index in [-0.39, 0.29) is 47.0 Å². The molecule has 4 aliphatic heterocycles. The molecule has 6 aromatic rings. The molecule has 14 heteroatoms. The van der Waals surface area contributed by atoms with Crippen LogP contribution in [0.3, 0.4) is 0 Å². The predicted molar refractivity (Wildman–Crippen MR) is 565 cm³/mol. The molecule has 0 amide bonds. The summed E-state index contributed by atoms with van der Waals surface area (Å²) >= 11 is 0. The van der Waals surface area contributed by atoms with Gasteiger partial charge >= 0.3 is 0 Å². The lowest BCUT2D eigenvalue weighted by atomic mass is 9.84. The van der Waals surface area contributed by atoms with Crippen molar-refractivity contribution in [1.29, 1.82) is 0 Å². The van der Waals surface area contributed by atoms with Crippen LogP contribution < -0.4 is 0 Å². The molecule has 770 valence electrons. The van der Waals surface area contributed by atoms with E-state index in [1.54, 1.807) is 51.0 Å². The Labute approximate surface area is 826 Å². The maximum Gasteiger partial charge on any atom is 0.154 e. The molecular formula is C122H190F8O6. The van der Waals surface area contributed by atoms with Gasteiger partial charge in [0.1, 0.15) is 34.9 Å². The van der Waals surface area contributed by atoms with Crippen molar-refractivity contribution in [2.75, 3.05) is 39.6 Å². The average Bonchev–Trinajstić information content (AvgIpc) is 0.868. The lowest BCUT2D eigenvalue weighted by Gasteiger charge is -2.24. The van der Waals surface area contributed by atoms with Crippen molar-refractivity contribution in [3.8, 4) is 0 Å². The van der Waals surface area contributed by atoms with Crippen LogP contribution >= 0.6 is 0 Å². The van der Waals surface area contributed by atoms with Gasteiger partial charge in [0, 0.05) is 49.0 Å². The first kappa shape index (κ1) is 127. The van der Waals surface area contributed by atoms with Gasteiger partial charge in [0.05, 0.1) is 50.3 Å². The molecule has 0 aromatic heterocycles. The SMILES string of the molecule is CC1=C(F)CC(C)CC1.CC1=C(F)CC(C)CC1.CC1=CCC(C)CC1.CC1=CCC(C)CC1.CC1C=CC(C)CC1.CC1CCC(C)CC1.CC1CCC(C)OC1.CC1CCC(C)OC1.CC1COC(C)OC1.CC1COC(C)OC1.Cc1cc(F)c(C)c(F)c1.Cc1cc(F)c(C)c(F)c1.Cc1ccc(C)c(F)c1.Cc1ccc(C)c(F)c1.Cc1ccc(C)cc1.Cc1ccc(C)cc1. The molecule has 6 aliphatic carbocycles. The number of benzene rings is 6. The third-order valence-corrected chi connectivity index (χ3v) is 25.8. The maximum atomic E-state index is 12.7. The number of rotatable bonds is 0. The Bertz CT molecular complexity index is 3820. The molecule has 0 spiro atoms. The van der Waals surface area contributed by atoms with E-state index in [1.807, 2.05) is 53.7 Å². The highest BCUT2D eigenvalue weighted by atomic mass is 19.2. The number of aryl methyl sites for hydroxylation is 10. The Morgan fingerprint density at radius 1 is 0.228 bits per heavy atom. The van der Waals surface area contributed by atoms with Gasteiger partial charge in [-0.05, 0) is 381 Å². The molecule has 10 aliphatic rings. The highest BCUT2D eigenvalue weighted by molar-refractivity contribution is 5.27. The fraction of sp³-hybridized carbons (Fsp3) is 0.623. The first-order valence-electron chi connectivity index (χ1n) is 51.6. The first-order valence-corrected chi connectivity index (χ1v) is 51.6. The minimum Gasteiger partial charge on any atom is -0.378 e. The molecule has 16 rings (SSSR count). The maximum absolute atomic E-state index is 12.7. The summed E-state index contributed by atoms with van der Waals surface area (Å²) in [6, 6.07) is 32.7. The van der Waals surface area contributed by atoms with E-state index in [1.165, 1.54) is 188 Å². The van der Waals surface area contributed by atoms with E-state index in [9.17, 15) is 35.1 Å². The molecule has 0 N–H and O–H groups in total. The Kier molecular flexibility index (Phi) is 67.8. The van der Waals surface area contributed by atoms with Crippen LogP contribution in [-0.2, 0) is 28.4 Å². The molecule has 0 bridgehead atoms. The fourth-order valence-electron chi connectivity index (χ4n) is 14.7.